The van der Waals surface area contributed by atoms with E-state index < -0.39 is 6.09 Å². The van der Waals surface area contributed by atoms with Gasteiger partial charge >= 0.3 is 6.09 Å². The van der Waals surface area contributed by atoms with E-state index in [0.717, 1.165) is 24.1 Å². The molecule has 0 radical (unpaired) electrons. The molecule has 23 heavy (non-hydrogen) atoms. The Bertz CT molecular complexity index is 530. The first kappa shape index (κ1) is 19.0. The normalized spacial score (nSPS) is 10.5. The minimum absolute atomic E-state index is 0.0119. The summed E-state index contributed by atoms with van der Waals surface area (Å²) in [5, 5.41) is 5.34. The third kappa shape index (κ3) is 7.15. The monoisotopic (exact) mass is 321 g/mol. The van der Waals surface area contributed by atoms with Gasteiger partial charge in [0.2, 0.25) is 5.91 Å². The van der Waals surface area contributed by atoms with Crippen molar-refractivity contribution < 1.29 is 14.3 Å². The fraction of sp³-hybridized carbons (Fsp3) is 0.529. The number of amides is 2. The molecule has 0 saturated heterocycles. The van der Waals surface area contributed by atoms with Crippen molar-refractivity contribution in [1.82, 2.24) is 15.5 Å². The minimum atomic E-state index is -0.509. The second-order valence-electron chi connectivity index (χ2n) is 5.70. The Morgan fingerprint density at radius 3 is 2.65 bits per heavy atom. The molecule has 0 saturated carbocycles. The standard InChI is InChI=1S/C17H27N3O3/c1-13-7-5-8-15(23-17(22)18-2)14(13)9-10-16(21)19-11-6-12-20(3)4/h5,7-8H,6,9-12H2,1-4H3,(H,18,22)(H,19,21). The first-order valence-corrected chi connectivity index (χ1v) is 7.83. The maximum absolute atomic E-state index is 11.9. The molecule has 1 aromatic carbocycles. The Kier molecular flexibility index (Phi) is 8.11. The summed E-state index contributed by atoms with van der Waals surface area (Å²) < 4.78 is 5.25. The topological polar surface area (TPSA) is 70.7 Å². The average molecular weight is 321 g/mol. The van der Waals surface area contributed by atoms with Gasteiger partial charge in [0.1, 0.15) is 5.75 Å². The van der Waals surface area contributed by atoms with Crippen molar-refractivity contribution >= 4 is 12.0 Å². The van der Waals surface area contributed by atoms with Crippen molar-refractivity contribution in [3.05, 3.63) is 29.3 Å². The highest BCUT2D eigenvalue weighted by Crippen LogP contribution is 2.23. The highest BCUT2D eigenvalue weighted by molar-refractivity contribution is 5.76. The van der Waals surface area contributed by atoms with Gasteiger partial charge in [-0.15, -0.1) is 0 Å². The van der Waals surface area contributed by atoms with E-state index in [0.29, 0.717) is 25.1 Å². The van der Waals surface area contributed by atoms with Gasteiger partial charge in [0, 0.05) is 20.0 Å². The van der Waals surface area contributed by atoms with E-state index in [1.807, 2.05) is 33.2 Å². The predicted molar refractivity (Wildman–Crippen MR) is 90.8 cm³/mol. The Labute approximate surface area is 138 Å². The quantitative estimate of drug-likeness (QED) is 0.715. The number of aryl methyl sites for hydroxylation is 1. The van der Waals surface area contributed by atoms with E-state index in [1.165, 1.54) is 7.05 Å². The van der Waals surface area contributed by atoms with Crippen LogP contribution >= 0.6 is 0 Å². The molecular formula is C17H27N3O3. The second-order valence-corrected chi connectivity index (χ2v) is 5.70. The lowest BCUT2D eigenvalue weighted by Crippen LogP contribution is -2.27. The summed E-state index contributed by atoms with van der Waals surface area (Å²) in [4.78, 5) is 25.4. The number of benzene rings is 1. The summed E-state index contributed by atoms with van der Waals surface area (Å²) >= 11 is 0. The Morgan fingerprint density at radius 1 is 1.26 bits per heavy atom. The summed E-state index contributed by atoms with van der Waals surface area (Å²) in [7, 11) is 5.53. The van der Waals surface area contributed by atoms with Crippen molar-refractivity contribution in [2.75, 3.05) is 34.2 Å². The van der Waals surface area contributed by atoms with Gasteiger partial charge in [-0.2, -0.15) is 0 Å². The van der Waals surface area contributed by atoms with Crippen molar-refractivity contribution in [2.45, 2.75) is 26.2 Å². The largest absolute Gasteiger partial charge is 0.412 e. The van der Waals surface area contributed by atoms with Crippen molar-refractivity contribution in [3.8, 4) is 5.75 Å². The molecule has 6 nitrogen and oxygen atoms in total. The van der Waals surface area contributed by atoms with Gasteiger partial charge in [-0.3, -0.25) is 4.79 Å². The number of hydrogen-bond donors (Lipinski definition) is 2. The maximum atomic E-state index is 11.9. The molecule has 0 aromatic heterocycles. The molecule has 0 spiro atoms. The van der Waals surface area contributed by atoms with Crippen molar-refractivity contribution in [3.63, 3.8) is 0 Å². The van der Waals surface area contributed by atoms with Gasteiger partial charge in [0.15, 0.2) is 0 Å². The molecule has 128 valence electrons. The lowest BCUT2D eigenvalue weighted by atomic mass is 10.0. The molecular weight excluding hydrogens is 294 g/mol. The molecule has 0 unspecified atom stereocenters. The lowest BCUT2D eigenvalue weighted by molar-refractivity contribution is -0.121. The number of hydrogen-bond acceptors (Lipinski definition) is 4. The van der Waals surface area contributed by atoms with Crippen LogP contribution in [0.15, 0.2) is 18.2 Å². The number of carbonyl (C=O) groups is 2. The lowest BCUT2D eigenvalue weighted by Gasteiger charge is -2.13. The molecule has 0 aliphatic rings. The predicted octanol–water partition coefficient (Wildman–Crippen LogP) is 1.71. The maximum Gasteiger partial charge on any atom is 0.412 e. The number of carbonyl (C=O) groups excluding carboxylic acids is 2. The van der Waals surface area contributed by atoms with Crippen LogP contribution in [0.3, 0.4) is 0 Å². The Hall–Kier alpha value is -2.08. The van der Waals surface area contributed by atoms with Gasteiger partial charge in [-0.1, -0.05) is 12.1 Å². The van der Waals surface area contributed by atoms with Crippen LogP contribution in [0.1, 0.15) is 24.0 Å². The third-order valence-electron chi connectivity index (χ3n) is 3.48. The Morgan fingerprint density at radius 2 is 2.00 bits per heavy atom. The fourth-order valence-electron chi connectivity index (χ4n) is 2.19. The van der Waals surface area contributed by atoms with Crippen LogP contribution in [0.2, 0.25) is 0 Å². The van der Waals surface area contributed by atoms with Crippen molar-refractivity contribution in [2.24, 2.45) is 0 Å². The van der Waals surface area contributed by atoms with Crippen LogP contribution < -0.4 is 15.4 Å². The molecule has 0 atom stereocenters. The molecule has 1 rings (SSSR count). The van der Waals surface area contributed by atoms with Crippen LogP contribution in [0.25, 0.3) is 0 Å². The number of nitrogens with one attached hydrogen (secondary N) is 2. The molecule has 0 heterocycles. The summed E-state index contributed by atoms with van der Waals surface area (Å²) in [6.07, 6.45) is 1.33. The zero-order valence-corrected chi connectivity index (χ0v) is 14.4. The van der Waals surface area contributed by atoms with Crippen LogP contribution in [0.5, 0.6) is 5.75 Å². The van der Waals surface area contributed by atoms with Crippen LogP contribution in [-0.2, 0) is 11.2 Å². The van der Waals surface area contributed by atoms with E-state index in [-0.39, 0.29) is 5.91 Å². The highest BCUT2D eigenvalue weighted by atomic mass is 16.6. The highest BCUT2D eigenvalue weighted by Gasteiger charge is 2.12. The van der Waals surface area contributed by atoms with Gasteiger partial charge < -0.3 is 20.3 Å². The van der Waals surface area contributed by atoms with Gasteiger partial charge in [0.25, 0.3) is 0 Å². The number of nitrogens with zero attached hydrogens (tertiary/aromatic N) is 1. The third-order valence-corrected chi connectivity index (χ3v) is 3.48. The summed E-state index contributed by atoms with van der Waals surface area (Å²) in [6.45, 7) is 3.57. The summed E-state index contributed by atoms with van der Waals surface area (Å²) in [5.74, 6) is 0.516. The first-order chi connectivity index (χ1) is 10.9. The molecule has 0 aliphatic heterocycles. The molecule has 0 aliphatic carbocycles. The average Bonchev–Trinajstić information content (AvgIpc) is 2.50. The van der Waals surface area contributed by atoms with E-state index in [1.54, 1.807) is 6.07 Å². The first-order valence-electron chi connectivity index (χ1n) is 7.83. The SMILES string of the molecule is CNC(=O)Oc1cccc(C)c1CCC(=O)NCCCN(C)C. The summed E-state index contributed by atoms with van der Waals surface area (Å²) in [5.41, 5.74) is 1.89. The van der Waals surface area contributed by atoms with E-state index in [2.05, 4.69) is 15.5 Å². The van der Waals surface area contributed by atoms with E-state index >= 15 is 0 Å². The van der Waals surface area contributed by atoms with Gasteiger partial charge in [-0.05, 0) is 57.6 Å². The zero-order chi connectivity index (χ0) is 17.2. The minimum Gasteiger partial charge on any atom is -0.410 e. The van der Waals surface area contributed by atoms with Crippen LogP contribution in [0, 0.1) is 6.92 Å². The molecule has 0 bridgehead atoms. The summed E-state index contributed by atoms with van der Waals surface area (Å²) in [6, 6.07) is 5.52. The molecule has 0 fully saturated rings. The number of ether oxygens (including phenoxy) is 1. The fourth-order valence-corrected chi connectivity index (χ4v) is 2.19. The molecule has 2 N–H and O–H groups in total. The molecule has 1 aromatic rings. The van der Waals surface area contributed by atoms with Crippen LogP contribution in [-0.4, -0.2) is 51.1 Å². The second kappa shape index (κ2) is 9.84. The molecule has 6 heteroatoms. The van der Waals surface area contributed by atoms with E-state index in [4.69, 9.17) is 4.74 Å². The van der Waals surface area contributed by atoms with Gasteiger partial charge in [-0.25, -0.2) is 4.79 Å². The van der Waals surface area contributed by atoms with Crippen LogP contribution in [0.4, 0.5) is 4.79 Å². The van der Waals surface area contributed by atoms with Gasteiger partial charge in [0.05, 0.1) is 0 Å². The number of rotatable bonds is 8. The smallest absolute Gasteiger partial charge is 0.410 e. The van der Waals surface area contributed by atoms with Crippen molar-refractivity contribution in [1.29, 1.82) is 0 Å². The Balaban J connectivity index is 2.53. The zero-order valence-electron chi connectivity index (χ0n) is 14.4. The molecule has 2 amide bonds. The van der Waals surface area contributed by atoms with E-state index in [9.17, 15) is 9.59 Å².